The van der Waals surface area contributed by atoms with E-state index >= 15 is 0 Å². The Hall–Kier alpha value is -0.650. The molecular weight excluding hydrogens is 220 g/mol. The molecule has 1 heterocycles. The van der Waals surface area contributed by atoms with Crippen molar-refractivity contribution >= 4 is 5.97 Å². The predicted molar refractivity (Wildman–Crippen MR) is 65.9 cm³/mol. The highest BCUT2D eigenvalue weighted by molar-refractivity contribution is 5.77. The molecule has 1 fully saturated rings. The number of carboxylic acids is 1. The molecule has 0 aromatic rings. The molecule has 1 rings (SSSR count). The number of nitrogens with two attached hydrogens (primary N) is 1. The first-order valence-corrected chi connectivity index (χ1v) is 6.21. The highest BCUT2D eigenvalue weighted by Crippen LogP contribution is 2.17. The molecule has 5 nitrogen and oxygen atoms in total. The van der Waals surface area contributed by atoms with Gasteiger partial charge in [0.1, 0.15) is 5.54 Å². The van der Waals surface area contributed by atoms with Crippen molar-refractivity contribution in [3.05, 3.63) is 0 Å². The van der Waals surface area contributed by atoms with Crippen LogP contribution in [0.1, 0.15) is 33.6 Å². The quantitative estimate of drug-likeness (QED) is 0.760. The van der Waals surface area contributed by atoms with Gasteiger partial charge in [0.25, 0.3) is 0 Å². The van der Waals surface area contributed by atoms with E-state index in [1.807, 2.05) is 13.8 Å². The molecule has 1 aliphatic heterocycles. The maximum Gasteiger partial charge on any atom is 0.323 e. The van der Waals surface area contributed by atoms with Gasteiger partial charge < -0.3 is 15.6 Å². The summed E-state index contributed by atoms with van der Waals surface area (Å²) in [5, 5.41) is 9.03. The van der Waals surface area contributed by atoms with Crippen LogP contribution in [0.2, 0.25) is 0 Å². The maximum absolute atomic E-state index is 11.0. The molecular formula is C12H24N2O3. The third kappa shape index (κ3) is 4.26. The number of carboxylic acid groups (broad SMARTS) is 1. The predicted octanol–water partition coefficient (Wildman–Crippen LogP) is 0.678. The molecule has 0 saturated carbocycles. The van der Waals surface area contributed by atoms with E-state index in [-0.39, 0.29) is 12.1 Å². The van der Waals surface area contributed by atoms with Gasteiger partial charge >= 0.3 is 5.97 Å². The van der Waals surface area contributed by atoms with Gasteiger partial charge in [0.2, 0.25) is 0 Å². The minimum absolute atomic E-state index is 0.158. The number of hydrogen-bond donors (Lipinski definition) is 2. The number of carbonyl (C=O) groups is 1. The molecule has 1 aliphatic rings. The lowest BCUT2D eigenvalue weighted by atomic mass is 9.94. The lowest BCUT2D eigenvalue weighted by Gasteiger charge is -2.32. The molecule has 3 atom stereocenters. The number of rotatable bonds is 4. The van der Waals surface area contributed by atoms with Gasteiger partial charge in [0, 0.05) is 25.7 Å². The van der Waals surface area contributed by atoms with E-state index in [0.29, 0.717) is 6.42 Å². The molecule has 3 N–H and O–H groups in total. The second-order valence-corrected chi connectivity index (χ2v) is 5.31. The zero-order valence-electron chi connectivity index (χ0n) is 11.0. The fraction of sp³-hybridized carbons (Fsp3) is 0.917. The first-order chi connectivity index (χ1) is 7.83. The number of ether oxygens (including phenoxy) is 1. The second-order valence-electron chi connectivity index (χ2n) is 5.31. The summed E-state index contributed by atoms with van der Waals surface area (Å²) in [6, 6.07) is 0.158. The molecule has 0 aromatic carbocycles. The van der Waals surface area contributed by atoms with Crippen molar-refractivity contribution in [3.63, 3.8) is 0 Å². The van der Waals surface area contributed by atoms with Gasteiger partial charge in [0.05, 0.1) is 6.10 Å². The van der Waals surface area contributed by atoms with Crippen molar-refractivity contribution in [3.8, 4) is 0 Å². The van der Waals surface area contributed by atoms with Crippen molar-refractivity contribution in [1.29, 1.82) is 0 Å². The number of nitrogens with zero attached hydrogens (tertiary/aromatic N) is 1. The Bertz CT molecular complexity index is 268. The Morgan fingerprint density at radius 1 is 1.71 bits per heavy atom. The number of aliphatic carboxylic acids is 1. The summed E-state index contributed by atoms with van der Waals surface area (Å²) < 4.78 is 5.57. The van der Waals surface area contributed by atoms with Crippen LogP contribution in [0.4, 0.5) is 0 Å². The molecule has 0 amide bonds. The standard InChI is InChI=1S/C12H24N2O3/c1-9(7-12(3,13)11(15)16)14-5-4-6-17-10(2)8-14/h9-10H,4-8,13H2,1-3H3,(H,15,16). The summed E-state index contributed by atoms with van der Waals surface area (Å²) in [6.07, 6.45) is 1.65. The van der Waals surface area contributed by atoms with Crippen LogP contribution in [0, 0.1) is 0 Å². The summed E-state index contributed by atoms with van der Waals surface area (Å²) in [5.74, 6) is -0.941. The first-order valence-electron chi connectivity index (χ1n) is 6.21. The van der Waals surface area contributed by atoms with Crippen molar-refractivity contribution in [1.82, 2.24) is 4.90 Å². The molecule has 0 aliphatic carbocycles. The molecule has 0 bridgehead atoms. The van der Waals surface area contributed by atoms with Crippen LogP contribution in [0.3, 0.4) is 0 Å². The van der Waals surface area contributed by atoms with Crippen molar-refractivity contribution in [2.75, 3.05) is 19.7 Å². The van der Waals surface area contributed by atoms with Gasteiger partial charge in [-0.2, -0.15) is 0 Å². The van der Waals surface area contributed by atoms with E-state index in [1.165, 1.54) is 0 Å². The van der Waals surface area contributed by atoms with E-state index in [4.69, 9.17) is 15.6 Å². The van der Waals surface area contributed by atoms with E-state index in [1.54, 1.807) is 6.92 Å². The normalized spacial score (nSPS) is 28.1. The summed E-state index contributed by atoms with van der Waals surface area (Å²) in [5.41, 5.74) is 4.63. The Labute approximate surface area is 103 Å². The molecule has 0 radical (unpaired) electrons. The van der Waals surface area contributed by atoms with Gasteiger partial charge in [-0.15, -0.1) is 0 Å². The molecule has 0 aromatic heterocycles. The third-order valence-corrected chi connectivity index (χ3v) is 3.32. The Kier molecular flexibility index (Phi) is 4.91. The van der Waals surface area contributed by atoms with Crippen LogP contribution in [-0.4, -0.2) is 53.4 Å². The SMILES string of the molecule is CC1CN(C(C)CC(C)(N)C(=O)O)CCCO1. The van der Waals surface area contributed by atoms with E-state index in [9.17, 15) is 4.79 Å². The highest BCUT2D eigenvalue weighted by Gasteiger charge is 2.32. The molecule has 0 spiro atoms. The van der Waals surface area contributed by atoms with Crippen LogP contribution >= 0.6 is 0 Å². The topological polar surface area (TPSA) is 75.8 Å². The van der Waals surface area contributed by atoms with Gasteiger partial charge in [-0.05, 0) is 33.6 Å². The van der Waals surface area contributed by atoms with Crippen LogP contribution in [0.15, 0.2) is 0 Å². The van der Waals surface area contributed by atoms with Gasteiger partial charge in [0.15, 0.2) is 0 Å². The van der Waals surface area contributed by atoms with Gasteiger partial charge in [-0.1, -0.05) is 0 Å². The maximum atomic E-state index is 11.0. The monoisotopic (exact) mass is 244 g/mol. The fourth-order valence-corrected chi connectivity index (χ4v) is 2.26. The molecule has 1 saturated heterocycles. The van der Waals surface area contributed by atoms with Crippen molar-refractivity contribution in [2.45, 2.75) is 51.3 Å². The van der Waals surface area contributed by atoms with Gasteiger partial charge in [-0.25, -0.2) is 0 Å². The van der Waals surface area contributed by atoms with Crippen LogP contribution in [-0.2, 0) is 9.53 Å². The molecule has 17 heavy (non-hydrogen) atoms. The van der Waals surface area contributed by atoms with Crippen molar-refractivity contribution in [2.24, 2.45) is 5.73 Å². The molecule has 5 heteroatoms. The average molecular weight is 244 g/mol. The Balaban J connectivity index is 2.56. The molecule has 100 valence electrons. The van der Waals surface area contributed by atoms with Crippen molar-refractivity contribution < 1.29 is 14.6 Å². The first kappa shape index (κ1) is 14.4. The lowest BCUT2D eigenvalue weighted by Crippen LogP contribution is -2.51. The molecule has 3 unspecified atom stereocenters. The summed E-state index contributed by atoms with van der Waals surface area (Å²) >= 11 is 0. The average Bonchev–Trinajstić information content (AvgIpc) is 2.42. The van der Waals surface area contributed by atoms with E-state index in [2.05, 4.69) is 4.90 Å². The zero-order valence-corrected chi connectivity index (χ0v) is 11.0. The third-order valence-electron chi connectivity index (χ3n) is 3.32. The largest absolute Gasteiger partial charge is 0.480 e. The van der Waals surface area contributed by atoms with Crippen LogP contribution in [0.25, 0.3) is 0 Å². The minimum Gasteiger partial charge on any atom is -0.480 e. The smallest absolute Gasteiger partial charge is 0.323 e. The lowest BCUT2D eigenvalue weighted by molar-refractivity contribution is -0.143. The zero-order chi connectivity index (χ0) is 13.1. The van der Waals surface area contributed by atoms with Gasteiger partial charge in [-0.3, -0.25) is 9.69 Å². The van der Waals surface area contributed by atoms with E-state index < -0.39 is 11.5 Å². The summed E-state index contributed by atoms with van der Waals surface area (Å²) in [4.78, 5) is 13.3. The minimum atomic E-state index is -1.16. The van der Waals surface area contributed by atoms with Crippen LogP contribution in [0.5, 0.6) is 0 Å². The van der Waals surface area contributed by atoms with E-state index in [0.717, 1.165) is 26.1 Å². The fourth-order valence-electron chi connectivity index (χ4n) is 2.26. The number of hydrogen-bond acceptors (Lipinski definition) is 4. The highest BCUT2D eigenvalue weighted by atomic mass is 16.5. The summed E-state index contributed by atoms with van der Waals surface area (Å²) in [6.45, 7) is 8.22. The summed E-state index contributed by atoms with van der Waals surface area (Å²) in [7, 11) is 0. The second kappa shape index (κ2) is 5.80. The van der Waals surface area contributed by atoms with Crippen LogP contribution < -0.4 is 5.73 Å². The Morgan fingerprint density at radius 2 is 2.35 bits per heavy atom. The Morgan fingerprint density at radius 3 is 2.94 bits per heavy atom.